The van der Waals surface area contributed by atoms with Crippen molar-refractivity contribution in [1.29, 1.82) is 0 Å². The van der Waals surface area contributed by atoms with Crippen molar-refractivity contribution in [3.8, 4) is 0 Å². The Morgan fingerprint density at radius 1 is 1.50 bits per heavy atom. The molecule has 0 unspecified atom stereocenters. The first-order chi connectivity index (χ1) is 5.77. The monoisotopic (exact) mass is 160 g/mol. The summed E-state index contributed by atoms with van der Waals surface area (Å²) in [7, 11) is 0. The quantitative estimate of drug-likeness (QED) is 0.593. The lowest BCUT2D eigenvalue weighted by atomic mass is 10.3. The van der Waals surface area contributed by atoms with E-state index in [0.29, 0.717) is 5.69 Å². The van der Waals surface area contributed by atoms with Crippen molar-refractivity contribution in [3.63, 3.8) is 0 Å². The Kier molecular flexibility index (Phi) is 1.43. The molecule has 3 heteroatoms. The fourth-order valence-corrected chi connectivity index (χ4v) is 1.11. The number of ketones is 1. The zero-order chi connectivity index (χ0) is 8.55. The van der Waals surface area contributed by atoms with Gasteiger partial charge in [0.2, 0.25) is 0 Å². The molecule has 2 aromatic rings. The van der Waals surface area contributed by atoms with Crippen molar-refractivity contribution < 1.29 is 4.79 Å². The number of fused-ring (bicyclic) bond motifs is 1. The van der Waals surface area contributed by atoms with Crippen molar-refractivity contribution in [3.05, 3.63) is 36.2 Å². The molecule has 2 aromatic heterocycles. The highest BCUT2D eigenvalue weighted by Gasteiger charge is 2.03. The van der Waals surface area contributed by atoms with Crippen LogP contribution in [0, 0.1) is 0 Å². The Morgan fingerprint density at radius 2 is 2.33 bits per heavy atom. The fraction of sp³-hybridized carbons (Fsp3) is 0.111. The number of carbonyl (C=O) groups is 1. The maximum atomic E-state index is 10.9. The highest BCUT2D eigenvalue weighted by atomic mass is 16.1. The molecule has 0 atom stereocenters. The number of hydrogen-bond acceptors (Lipinski definition) is 2. The largest absolute Gasteiger partial charge is 0.293 e. The average molecular weight is 160 g/mol. The van der Waals surface area contributed by atoms with E-state index in [-0.39, 0.29) is 5.78 Å². The van der Waals surface area contributed by atoms with Gasteiger partial charge in [-0.05, 0) is 18.2 Å². The minimum absolute atomic E-state index is 0.00120. The summed E-state index contributed by atoms with van der Waals surface area (Å²) in [6.45, 7) is 1.52. The molecule has 0 aliphatic rings. The second kappa shape index (κ2) is 2.44. The van der Waals surface area contributed by atoms with E-state index in [1.165, 1.54) is 6.92 Å². The number of hydrogen-bond donors (Lipinski definition) is 0. The fourth-order valence-electron chi connectivity index (χ4n) is 1.11. The maximum Gasteiger partial charge on any atom is 0.180 e. The summed E-state index contributed by atoms with van der Waals surface area (Å²) in [5.74, 6) is -0.00120. The van der Waals surface area contributed by atoms with Gasteiger partial charge in [-0.15, -0.1) is 0 Å². The molecule has 0 amide bonds. The predicted molar refractivity (Wildman–Crippen MR) is 45.2 cm³/mol. The van der Waals surface area contributed by atoms with Gasteiger partial charge < -0.3 is 0 Å². The summed E-state index contributed by atoms with van der Waals surface area (Å²) < 4.78 is 1.69. The van der Waals surface area contributed by atoms with Crippen LogP contribution in [0.3, 0.4) is 0 Å². The highest BCUT2D eigenvalue weighted by Crippen LogP contribution is 2.05. The Hall–Kier alpha value is -1.64. The molecule has 0 fully saturated rings. The van der Waals surface area contributed by atoms with Crippen molar-refractivity contribution in [2.24, 2.45) is 0 Å². The van der Waals surface area contributed by atoms with Crippen LogP contribution in [0.5, 0.6) is 0 Å². The third-order valence-electron chi connectivity index (χ3n) is 1.73. The van der Waals surface area contributed by atoms with Gasteiger partial charge in [0.05, 0.1) is 5.52 Å². The molecular weight excluding hydrogens is 152 g/mol. The lowest BCUT2D eigenvalue weighted by molar-refractivity contribution is 0.101. The van der Waals surface area contributed by atoms with Crippen LogP contribution >= 0.6 is 0 Å². The van der Waals surface area contributed by atoms with Crippen molar-refractivity contribution in [1.82, 2.24) is 9.61 Å². The Labute approximate surface area is 69.6 Å². The van der Waals surface area contributed by atoms with Gasteiger partial charge in [-0.3, -0.25) is 4.79 Å². The first kappa shape index (κ1) is 7.03. The molecule has 0 saturated carbocycles. The highest BCUT2D eigenvalue weighted by molar-refractivity contribution is 5.93. The first-order valence-corrected chi connectivity index (χ1v) is 3.73. The molecule has 3 nitrogen and oxygen atoms in total. The van der Waals surface area contributed by atoms with Gasteiger partial charge in [-0.25, -0.2) is 4.52 Å². The second-order valence-electron chi connectivity index (χ2n) is 2.66. The zero-order valence-corrected chi connectivity index (χ0v) is 6.69. The summed E-state index contributed by atoms with van der Waals surface area (Å²) in [5.41, 5.74) is 1.46. The number of nitrogens with zero attached hydrogens (tertiary/aromatic N) is 2. The van der Waals surface area contributed by atoms with Gasteiger partial charge in [-0.2, -0.15) is 5.10 Å². The van der Waals surface area contributed by atoms with Crippen LogP contribution in [-0.2, 0) is 0 Å². The van der Waals surface area contributed by atoms with Crippen LogP contribution < -0.4 is 0 Å². The van der Waals surface area contributed by atoms with Crippen molar-refractivity contribution >= 4 is 11.3 Å². The molecule has 12 heavy (non-hydrogen) atoms. The van der Waals surface area contributed by atoms with Crippen LogP contribution in [-0.4, -0.2) is 15.4 Å². The third kappa shape index (κ3) is 0.993. The van der Waals surface area contributed by atoms with Gasteiger partial charge in [0.15, 0.2) is 5.78 Å². The molecule has 2 rings (SSSR count). The van der Waals surface area contributed by atoms with E-state index in [0.717, 1.165) is 5.52 Å². The lowest BCUT2D eigenvalue weighted by Gasteiger charge is -1.87. The number of rotatable bonds is 1. The van der Waals surface area contributed by atoms with E-state index in [4.69, 9.17) is 0 Å². The molecule has 0 aliphatic carbocycles. The van der Waals surface area contributed by atoms with E-state index in [2.05, 4.69) is 5.10 Å². The number of Topliss-reactive ketones (excluding diaryl/α,β-unsaturated/α-hetero) is 1. The van der Waals surface area contributed by atoms with E-state index in [1.807, 2.05) is 24.4 Å². The Balaban J connectivity index is 2.70. The second-order valence-corrected chi connectivity index (χ2v) is 2.66. The van der Waals surface area contributed by atoms with E-state index in [1.54, 1.807) is 10.6 Å². The predicted octanol–water partition coefficient (Wildman–Crippen LogP) is 1.54. The minimum atomic E-state index is -0.00120. The molecule has 2 heterocycles. The van der Waals surface area contributed by atoms with Crippen molar-refractivity contribution in [2.45, 2.75) is 6.92 Å². The van der Waals surface area contributed by atoms with Crippen LogP contribution in [0.15, 0.2) is 30.5 Å². The lowest BCUT2D eigenvalue weighted by Crippen LogP contribution is -1.93. The molecule has 0 aromatic carbocycles. The molecule has 60 valence electrons. The summed E-state index contributed by atoms with van der Waals surface area (Å²) in [4.78, 5) is 10.9. The zero-order valence-electron chi connectivity index (χ0n) is 6.69. The van der Waals surface area contributed by atoms with Gasteiger partial charge in [0, 0.05) is 13.1 Å². The average Bonchev–Trinajstić information content (AvgIpc) is 2.46. The van der Waals surface area contributed by atoms with Crippen molar-refractivity contribution in [2.75, 3.05) is 0 Å². The van der Waals surface area contributed by atoms with Gasteiger partial charge in [0.1, 0.15) is 5.69 Å². The maximum absolute atomic E-state index is 10.9. The van der Waals surface area contributed by atoms with E-state index < -0.39 is 0 Å². The standard InChI is InChI=1S/C9H8N2O/c1-7(12)9-6-8-4-2-3-5-11(8)10-9/h2-6H,1H3. The summed E-state index contributed by atoms with van der Waals surface area (Å²) in [5, 5.41) is 4.08. The molecule has 0 aliphatic heterocycles. The SMILES string of the molecule is CC(=O)c1cc2ccccn2n1. The first-order valence-electron chi connectivity index (χ1n) is 3.73. The smallest absolute Gasteiger partial charge is 0.180 e. The van der Waals surface area contributed by atoms with Crippen LogP contribution in [0.2, 0.25) is 0 Å². The van der Waals surface area contributed by atoms with Crippen LogP contribution in [0.4, 0.5) is 0 Å². The molecule has 0 saturated heterocycles. The van der Waals surface area contributed by atoms with E-state index >= 15 is 0 Å². The number of carbonyl (C=O) groups excluding carboxylic acids is 1. The minimum Gasteiger partial charge on any atom is -0.293 e. The van der Waals surface area contributed by atoms with Crippen LogP contribution in [0.25, 0.3) is 5.52 Å². The summed E-state index contributed by atoms with van der Waals surface area (Å²) >= 11 is 0. The van der Waals surface area contributed by atoms with Crippen LogP contribution in [0.1, 0.15) is 17.4 Å². The molecule has 0 bridgehead atoms. The van der Waals surface area contributed by atoms with Gasteiger partial charge >= 0.3 is 0 Å². The molecule has 0 radical (unpaired) electrons. The van der Waals surface area contributed by atoms with Gasteiger partial charge in [-0.1, -0.05) is 6.07 Å². The summed E-state index contributed by atoms with van der Waals surface area (Å²) in [6.07, 6.45) is 1.82. The molecular formula is C9H8N2O. The Bertz CT molecular complexity index is 398. The van der Waals surface area contributed by atoms with Gasteiger partial charge in [0.25, 0.3) is 0 Å². The topological polar surface area (TPSA) is 34.4 Å². The number of pyridine rings is 1. The Morgan fingerprint density at radius 3 is 3.00 bits per heavy atom. The third-order valence-corrected chi connectivity index (χ3v) is 1.73. The molecule has 0 N–H and O–H groups in total. The number of aromatic nitrogens is 2. The van der Waals surface area contributed by atoms with E-state index in [9.17, 15) is 4.79 Å². The summed E-state index contributed by atoms with van der Waals surface area (Å²) in [6, 6.07) is 7.49. The normalized spacial score (nSPS) is 10.4. The molecule has 0 spiro atoms.